The molecule has 0 aliphatic heterocycles. The number of nitrogens with one attached hydrogen (secondary N) is 1. The highest BCUT2D eigenvalue weighted by Gasteiger charge is 2.21. The summed E-state index contributed by atoms with van der Waals surface area (Å²) >= 11 is 0. The molecular weight excluding hydrogens is 384 g/mol. The molecule has 1 atom stereocenters. The minimum atomic E-state index is -1.21. The lowest BCUT2D eigenvalue weighted by Gasteiger charge is -2.15. The van der Waals surface area contributed by atoms with E-state index in [2.05, 4.69) is 5.32 Å². The third-order valence-corrected chi connectivity index (χ3v) is 3.78. The van der Waals surface area contributed by atoms with Crippen LogP contribution >= 0.6 is 0 Å². The van der Waals surface area contributed by atoms with Crippen molar-refractivity contribution in [2.24, 2.45) is 0 Å². The van der Waals surface area contributed by atoms with E-state index in [0.29, 0.717) is 30.8 Å². The van der Waals surface area contributed by atoms with Crippen LogP contribution in [0, 0.1) is 11.6 Å². The van der Waals surface area contributed by atoms with Crippen LogP contribution in [-0.2, 0) is 9.53 Å². The second-order valence-electron chi connectivity index (χ2n) is 6.10. The average Bonchev–Trinajstić information content (AvgIpc) is 2.69. The van der Waals surface area contributed by atoms with Crippen LogP contribution in [0.25, 0.3) is 0 Å². The van der Waals surface area contributed by atoms with Crippen LogP contribution in [0.3, 0.4) is 0 Å². The molecule has 1 amide bonds. The first-order valence-corrected chi connectivity index (χ1v) is 9.22. The molecule has 1 N–H and O–H groups in total. The van der Waals surface area contributed by atoms with Gasteiger partial charge in [0.25, 0.3) is 5.91 Å². The van der Waals surface area contributed by atoms with Gasteiger partial charge in [-0.1, -0.05) is 6.92 Å². The molecule has 2 rings (SSSR count). The number of carbonyl (C=O) groups is 2. The molecule has 6 nitrogen and oxygen atoms in total. The lowest BCUT2D eigenvalue weighted by Crippen LogP contribution is -2.30. The first kappa shape index (κ1) is 22.1. The molecule has 2 aromatic rings. The molecule has 29 heavy (non-hydrogen) atoms. The fourth-order valence-corrected chi connectivity index (χ4v) is 2.34. The molecule has 2 aromatic carbocycles. The third kappa shape index (κ3) is 6.17. The highest BCUT2D eigenvalue weighted by Crippen LogP contribution is 2.29. The monoisotopic (exact) mass is 407 g/mol. The van der Waals surface area contributed by atoms with Gasteiger partial charge in [0.05, 0.1) is 24.5 Å². The molecule has 0 unspecified atom stereocenters. The van der Waals surface area contributed by atoms with E-state index in [4.69, 9.17) is 14.2 Å². The predicted molar refractivity (Wildman–Crippen MR) is 103 cm³/mol. The van der Waals surface area contributed by atoms with E-state index in [-0.39, 0.29) is 11.3 Å². The highest BCUT2D eigenvalue weighted by atomic mass is 19.1. The standard InChI is InChI=1S/C21H23F2NO5/c1-4-10-28-18-9-6-14(11-19(18)27-5-2)21(26)29-13(3)20(25)24-17-8-7-15(22)12-16(17)23/h6-9,11-13H,4-5,10H2,1-3H3,(H,24,25)/t13-/m0/s1. The fourth-order valence-electron chi connectivity index (χ4n) is 2.34. The van der Waals surface area contributed by atoms with Crippen molar-refractivity contribution < 1.29 is 32.6 Å². The molecule has 0 aliphatic rings. The number of amides is 1. The summed E-state index contributed by atoms with van der Waals surface area (Å²) in [5.41, 5.74) is -0.0414. The molecular formula is C21H23F2NO5. The highest BCUT2D eigenvalue weighted by molar-refractivity contribution is 5.97. The Kier molecular flexibility index (Phi) is 7.94. The van der Waals surface area contributed by atoms with E-state index in [1.54, 1.807) is 13.0 Å². The zero-order chi connectivity index (χ0) is 21.4. The van der Waals surface area contributed by atoms with E-state index in [1.807, 2.05) is 6.92 Å². The lowest BCUT2D eigenvalue weighted by molar-refractivity contribution is -0.123. The molecule has 0 saturated carbocycles. The van der Waals surface area contributed by atoms with Gasteiger partial charge in [-0.3, -0.25) is 4.79 Å². The predicted octanol–water partition coefficient (Wildman–Crippen LogP) is 4.34. The maximum Gasteiger partial charge on any atom is 0.339 e. The summed E-state index contributed by atoms with van der Waals surface area (Å²) in [6.07, 6.45) is -0.394. The fraction of sp³-hybridized carbons (Fsp3) is 0.333. The quantitative estimate of drug-likeness (QED) is 0.626. The number of ether oxygens (including phenoxy) is 3. The van der Waals surface area contributed by atoms with Gasteiger partial charge in [-0.2, -0.15) is 0 Å². The van der Waals surface area contributed by atoms with Crippen LogP contribution in [0.2, 0.25) is 0 Å². The van der Waals surface area contributed by atoms with Crippen LogP contribution in [0.4, 0.5) is 14.5 Å². The van der Waals surface area contributed by atoms with Crippen molar-refractivity contribution in [1.82, 2.24) is 0 Å². The topological polar surface area (TPSA) is 73.9 Å². The van der Waals surface area contributed by atoms with Gasteiger partial charge >= 0.3 is 5.97 Å². The van der Waals surface area contributed by atoms with Gasteiger partial charge in [0.2, 0.25) is 0 Å². The molecule has 0 spiro atoms. The van der Waals surface area contributed by atoms with Gasteiger partial charge in [-0.05, 0) is 50.6 Å². The van der Waals surface area contributed by atoms with Crippen molar-refractivity contribution in [3.63, 3.8) is 0 Å². The van der Waals surface area contributed by atoms with Gasteiger partial charge in [-0.15, -0.1) is 0 Å². The van der Waals surface area contributed by atoms with Crippen molar-refractivity contribution in [1.29, 1.82) is 0 Å². The van der Waals surface area contributed by atoms with E-state index in [9.17, 15) is 18.4 Å². The number of rotatable bonds is 9. The average molecular weight is 407 g/mol. The molecule has 0 heterocycles. The Labute approximate surface area is 167 Å². The second-order valence-corrected chi connectivity index (χ2v) is 6.10. The van der Waals surface area contributed by atoms with Gasteiger partial charge in [-0.25, -0.2) is 13.6 Å². The first-order valence-electron chi connectivity index (χ1n) is 9.22. The molecule has 0 saturated heterocycles. The normalized spacial score (nSPS) is 11.5. The van der Waals surface area contributed by atoms with Crippen LogP contribution in [0.5, 0.6) is 11.5 Å². The molecule has 0 fully saturated rings. The van der Waals surface area contributed by atoms with Crippen molar-refractivity contribution in [3.8, 4) is 11.5 Å². The Bertz CT molecular complexity index is 872. The number of halogens is 2. The molecule has 8 heteroatoms. The first-order chi connectivity index (χ1) is 13.8. The van der Waals surface area contributed by atoms with Gasteiger partial charge in [0.15, 0.2) is 17.6 Å². The Hall–Kier alpha value is -3.16. The largest absolute Gasteiger partial charge is 0.490 e. The van der Waals surface area contributed by atoms with Gasteiger partial charge in [0.1, 0.15) is 11.6 Å². The Balaban J connectivity index is 2.05. The smallest absolute Gasteiger partial charge is 0.339 e. The summed E-state index contributed by atoms with van der Waals surface area (Å²) in [6.45, 7) is 5.99. The van der Waals surface area contributed by atoms with Crippen LogP contribution in [-0.4, -0.2) is 31.2 Å². The number of hydrogen-bond donors (Lipinski definition) is 1. The number of carbonyl (C=O) groups excluding carboxylic acids is 2. The van der Waals surface area contributed by atoms with Crippen LogP contribution < -0.4 is 14.8 Å². The lowest BCUT2D eigenvalue weighted by atomic mass is 10.2. The maximum absolute atomic E-state index is 13.7. The van der Waals surface area contributed by atoms with Crippen LogP contribution in [0.1, 0.15) is 37.6 Å². The van der Waals surface area contributed by atoms with Gasteiger partial charge in [0, 0.05) is 6.07 Å². The summed E-state index contributed by atoms with van der Waals surface area (Å²) < 4.78 is 42.8. The van der Waals surface area contributed by atoms with E-state index in [1.165, 1.54) is 19.1 Å². The van der Waals surface area contributed by atoms with Crippen LogP contribution in [0.15, 0.2) is 36.4 Å². The zero-order valence-corrected chi connectivity index (χ0v) is 16.5. The number of esters is 1. The van der Waals surface area contributed by atoms with Crippen molar-refractivity contribution >= 4 is 17.6 Å². The van der Waals surface area contributed by atoms with Crippen molar-refractivity contribution in [2.45, 2.75) is 33.3 Å². The van der Waals surface area contributed by atoms with Gasteiger partial charge < -0.3 is 19.5 Å². The SMILES string of the molecule is CCCOc1ccc(C(=O)O[C@@H](C)C(=O)Nc2ccc(F)cc2F)cc1OCC. The Morgan fingerprint density at radius 3 is 2.45 bits per heavy atom. The minimum absolute atomic E-state index is 0.171. The molecule has 0 radical (unpaired) electrons. The third-order valence-electron chi connectivity index (χ3n) is 3.78. The summed E-state index contributed by atoms with van der Waals surface area (Å²) in [5.74, 6) is -2.31. The van der Waals surface area contributed by atoms with E-state index < -0.39 is 29.6 Å². The zero-order valence-electron chi connectivity index (χ0n) is 16.5. The second kappa shape index (κ2) is 10.4. The summed E-state index contributed by atoms with van der Waals surface area (Å²) in [4.78, 5) is 24.5. The Morgan fingerprint density at radius 2 is 1.79 bits per heavy atom. The number of hydrogen-bond acceptors (Lipinski definition) is 5. The molecule has 0 aromatic heterocycles. The van der Waals surface area contributed by atoms with E-state index in [0.717, 1.165) is 18.6 Å². The summed E-state index contributed by atoms with van der Waals surface area (Å²) in [5, 5.41) is 2.26. The molecule has 0 bridgehead atoms. The number of benzene rings is 2. The van der Waals surface area contributed by atoms with Crippen molar-refractivity contribution in [3.05, 3.63) is 53.6 Å². The molecule has 156 valence electrons. The summed E-state index contributed by atoms with van der Waals surface area (Å²) in [7, 11) is 0. The molecule has 0 aliphatic carbocycles. The number of anilines is 1. The maximum atomic E-state index is 13.7. The van der Waals surface area contributed by atoms with E-state index >= 15 is 0 Å². The van der Waals surface area contributed by atoms with Crippen molar-refractivity contribution in [2.75, 3.05) is 18.5 Å². The Morgan fingerprint density at radius 1 is 1.03 bits per heavy atom. The summed E-state index contributed by atoms with van der Waals surface area (Å²) in [6, 6.07) is 7.30. The minimum Gasteiger partial charge on any atom is -0.490 e.